The van der Waals surface area contributed by atoms with Crippen molar-refractivity contribution in [3.63, 3.8) is 0 Å². The third-order valence-corrected chi connectivity index (χ3v) is 5.63. The van der Waals surface area contributed by atoms with Gasteiger partial charge in [0.15, 0.2) is 0 Å². The summed E-state index contributed by atoms with van der Waals surface area (Å²) in [5, 5.41) is 10.8. The number of hydrogen-bond acceptors (Lipinski definition) is 4. The molecule has 0 saturated carbocycles. The van der Waals surface area contributed by atoms with Gasteiger partial charge in [-0.25, -0.2) is 12.8 Å². The lowest BCUT2D eigenvalue weighted by Crippen LogP contribution is -3.14. The highest BCUT2D eigenvalue weighted by molar-refractivity contribution is 7.89. The zero-order chi connectivity index (χ0) is 15.6. The van der Waals surface area contributed by atoms with Crippen molar-refractivity contribution in [1.82, 2.24) is 4.31 Å². The van der Waals surface area contributed by atoms with Crippen LogP contribution in [0.3, 0.4) is 0 Å². The number of sulfonamides is 1. The summed E-state index contributed by atoms with van der Waals surface area (Å²) in [6.07, 6.45) is 0. The Bertz CT molecular complexity index is 640. The van der Waals surface area contributed by atoms with Crippen molar-refractivity contribution >= 4 is 16.0 Å². The molecule has 1 aromatic carbocycles. The molecule has 0 bridgehead atoms. The normalized spacial score (nSPS) is 17.8. The molecule has 6 nitrogen and oxygen atoms in total. The Morgan fingerprint density at radius 1 is 1.38 bits per heavy atom. The van der Waals surface area contributed by atoms with Crippen molar-refractivity contribution < 1.29 is 27.6 Å². The molecule has 0 aromatic heterocycles. The van der Waals surface area contributed by atoms with Gasteiger partial charge in [0.05, 0.1) is 38.7 Å². The molecule has 0 amide bonds. The molecule has 1 heterocycles. The zero-order valence-corrected chi connectivity index (χ0v) is 12.5. The summed E-state index contributed by atoms with van der Waals surface area (Å²) in [5.74, 6) is -2.49. The molecular weight excluding hydrogens is 299 g/mol. The van der Waals surface area contributed by atoms with Crippen molar-refractivity contribution in [2.45, 2.75) is 11.8 Å². The molecule has 21 heavy (non-hydrogen) atoms. The van der Waals surface area contributed by atoms with Gasteiger partial charge in [0.2, 0.25) is 10.0 Å². The lowest BCUT2D eigenvalue weighted by Gasteiger charge is -2.31. The van der Waals surface area contributed by atoms with E-state index in [0.717, 1.165) is 24.7 Å². The average Bonchev–Trinajstić information content (AvgIpc) is 2.47. The third kappa shape index (κ3) is 3.22. The smallest absolute Gasteiger partial charge is 0.246 e. The van der Waals surface area contributed by atoms with Crippen LogP contribution in [0.2, 0.25) is 0 Å². The van der Waals surface area contributed by atoms with Crippen LogP contribution in [-0.2, 0) is 10.0 Å². The summed E-state index contributed by atoms with van der Waals surface area (Å²) in [6.45, 7) is 4.81. The molecule has 1 saturated heterocycles. The van der Waals surface area contributed by atoms with Crippen LogP contribution in [0, 0.1) is 5.82 Å². The highest BCUT2D eigenvalue weighted by Gasteiger charge is 2.32. The SMILES string of the molecule is CC[NH+]1CCN(S(=O)(=O)c2cc(C(=O)[O-])ccc2F)CC1. The van der Waals surface area contributed by atoms with Gasteiger partial charge in [0, 0.05) is 0 Å². The van der Waals surface area contributed by atoms with Crippen LogP contribution in [0.15, 0.2) is 23.1 Å². The van der Waals surface area contributed by atoms with E-state index >= 15 is 0 Å². The summed E-state index contributed by atoms with van der Waals surface area (Å²) in [5.41, 5.74) is -0.354. The minimum absolute atomic E-state index is 0.292. The number of nitrogens with zero attached hydrogens (tertiary/aromatic N) is 1. The van der Waals surface area contributed by atoms with E-state index in [9.17, 15) is 22.7 Å². The maximum absolute atomic E-state index is 13.8. The summed E-state index contributed by atoms with van der Waals surface area (Å²) >= 11 is 0. The number of carboxylic acid groups (broad SMARTS) is 1. The second-order valence-corrected chi connectivity index (χ2v) is 6.85. The number of quaternary nitrogens is 1. The average molecular weight is 316 g/mol. The lowest BCUT2D eigenvalue weighted by molar-refractivity contribution is -0.901. The summed E-state index contributed by atoms with van der Waals surface area (Å²) in [6, 6.07) is 2.65. The lowest BCUT2D eigenvalue weighted by atomic mass is 10.2. The van der Waals surface area contributed by atoms with E-state index in [-0.39, 0.29) is 5.56 Å². The predicted octanol–water partition coefficient (Wildman–Crippen LogP) is -1.90. The number of carbonyl (C=O) groups excluding carboxylic acids is 1. The molecule has 0 radical (unpaired) electrons. The number of hydrogen-bond donors (Lipinski definition) is 1. The van der Waals surface area contributed by atoms with E-state index in [4.69, 9.17) is 0 Å². The number of nitrogens with one attached hydrogen (secondary N) is 1. The molecule has 0 spiro atoms. The quantitative estimate of drug-likeness (QED) is 0.703. The van der Waals surface area contributed by atoms with Crippen molar-refractivity contribution in [2.75, 3.05) is 32.7 Å². The van der Waals surface area contributed by atoms with Crippen LogP contribution in [-0.4, -0.2) is 51.4 Å². The van der Waals surface area contributed by atoms with Gasteiger partial charge in [0.25, 0.3) is 0 Å². The Balaban J connectivity index is 2.32. The number of rotatable bonds is 4. The zero-order valence-electron chi connectivity index (χ0n) is 11.6. The van der Waals surface area contributed by atoms with Crippen LogP contribution < -0.4 is 10.0 Å². The molecule has 8 heteroatoms. The summed E-state index contributed by atoms with van der Waals surface area (Å²) < 4.78 is 39.9. The Morgan fingerprint density at radius 2 is 2.00 bits per heavy atom. The first-order chi connectivity index (χ1) is 9.86. The van der Waals surface area contributed by atoms with Crippen LogP contribution in [0.1, 0.15) is 17.3 Å². The van der Waals surface area contributed by atoms with Crippen LogP contribution in [0.4, 0.5) is 4.39 Å². The maximum Gasteiger partial charge on any atom is 0.246 e. The highest BCUT2D eigenvalue weighted by atomic mass is 32.2. The number of piperazine rings is 1. The predicted molar refractivity (Wildman–Crippen MR) is 70.7 cm³/mol. The fourth-order valence-corrected chi connectivity index (χ4v) is 3.90. The van der Waals surface area contributed by atoms with Crippen LogP contribution in [0.5, 0.6) is 0 Å². The van der Waals surface area contributed by atoms with E-state index in [1.165, 1.54) is 9.21 Å². The van der Waals surface area contributed by atoms with Crippen molar-refractivity contribution in [3.8, 4) is 0 Å². The molecule has 1 fully saturated rings. The molecule has 0 aliphatic carbocycles. The molecule has 116 valence electrons. The molecule has 1 aliphatic heterocycles. The first-order valence-corrected chi connectivity index (χ1v) is 8.15. The van der Waals surface area contributed by atoms with Crippen LogP contribution in [0.25, 0.3) is 0 Å². The first-order valence-electron chi connectivity index (χ1n) is 6.71. The second kappa shape index (κ2) is 6.08. The fourth-order valence-electron chi connectivity index (χ4n) is 2.36. The molecule has 0 atom stereocenters. The minimum atomic E-state index is -4.03. The Hall–Kier alpha value is -1.51. The Kier molecular flexibility index (Phi) is 4.60. The standard InChI is InChI=1S/C13H17FN2O4S/c1-2-15-5-7-16(8-6-15)21(19,20)12-9-10(13(17)18)3-4-11(12)14/h3-4,9H,2,5-8H2,1H3,(H,17,18). The highest BCUT2D eigenvalue weighted by Crippen LogP contribution is 2.20. The Morgan fingerprint density at radius 3 is 2.52 bits per heavy atom. The molecule has 2 rings (SSSR count). The number of benzene rings is 1. The Labute approximate surface area is 122 Å². The number of likely N-dealkylation sites (N-methyl/N-ethyl adjacent to an activating group) is 1. The largest absolute Gasteiger partial charge is 0.545 e. The molecule has 0 unspecified atom stereocenters. The van der Waals surface area contributed by atoms with Gasteiger partial charge in [-0.15, -0.1) is 0 Å². The van der Waals surface area contributed by atoms with Gasteiger partial charge in [-0.3, -0.25) is 0 Å². The van der Waals surface area contributed by atoms with Gasteiger partial charge in [-0.05, 0) is 24.6 Å². The summed E-state index contributed by atoms with van der Waals surface area (Å²) in [7, 11) is -4.03. The molecule has 1 aliphatic rings. The van der Waals surface area contributed by atoms with Crippen molar-refractivity contribution in [2.24, 2.45) is 0 Å². The monoisotopic (exact) mass is 316 g/mol. The third-order valence-electron chi connectivity index (χ3n) is 3.71. The van der Waals surface area contributed by atoms with Gasteiger partial charge < -0.3 is 14.8 Å². The van der Waals surface area contributed by atoms with E-state index in [1.807, 2.05) is 6.92 Å². The van der Waals surface area contributed by atoms with Gasteiger partial charge in [-0.2, -0.15) is 4.31 Å². The van der Waals surface area contributed by atoms with E-state index in [2.05, 4.69) is 0 Å². The second-order valence-electron chi connectivity index (χ2n) is 4.94. The van der Waals surface area contributed by atoms with Crippen LogP contribution >= 0.6 is 0 Å². The maximum atomic E-state index is 13.8. The topological polar surface area (TPSA) is 82.0 Å². The fraction of sp³-hybridized carbons (Fsp3) is 0.462. The number of carbonyl (C=O) groups is 1. The van der Waals surface area contributed by atoms with E-state index < -0.39 is 26.7 Å². The number of halogens is 1. The molecular formula is C13H17FN2O4S. The van der Waals surface area contributed by atoms with Crippen molar-refractivity contribution in [3.05, 3.63) is 29.6 Å². The molecule has 1 N–H and O–H groups in total. The van der Waals surface area contributed by atoms with Gasteiger partial charge >= 0.3 is 0 Å². The van der Waals surface area contributed by atoms with E-state index in [0.29, 0.717) is 26.2 Å². The minimum Gasteiger partial charge on any atom is -0.545 e. The first kappa shape index (κ1) is 15.9. The summed E-state index contributed by atoms with van der Waals surface area (Å²) in [4.78, 5) is 11.5. The van der Waals surface area contributed by atoms with Gasteiger partial charge in [0.1, 0.15) is 10.7 Å². The molecule has 1 aromatic rings. The van der Waals surface area contributed by atoms with E-state index in [1.54, 1.807) is 0 Å². The number of carboxylic acids is 1. The van der Waals surface area contributed by atoms with Crippen molar-refractivity contribution in [1.29, 1.82) is 0 Å². The number of aromatic carboxylic acids is 1. The van der Waals surface area contributed by atoms with Gasteiger partial charge in [-0.1, -0.05) is 6.07 Å².